The fourth-order valence-electron chi connectivity index (χ4n) is 1.51. The van der Waals surface area contributed by atoms with Gasteiger partial charge in [0.1, 0.15) is 5.75 Å². The van der Waals surface area contributed by atoms with Crippen LogP contribution in [0.4, 0.5) is 0 Å². The predicted octanol–water partition coefficient (Wildman–Crippen LogP) is 4.38. The summed E-state index contributed by atoms with van der Waals surface area (Å²) in [5.74, 6) is 0.193. The minimum absolute atomic E-state index is 0.415. The minimum Gasteiger partial charge on any atom is -0.492 e. The van der Waals surface area contributed by atoms with Crippen LogP contribution in [0.2, 0.25) is 5.02 Å². The van der Waals surface area contributed by atoms with E-state index in [9.17, 15) is 4.79 Å². The Kier molecular flexibility index (Phi) is 5.96. The van der Waals surface area contributed by atoms with Crippen LogP contribution in [0.15, 0.2) is 10.5 Å². The molecule has 18 heavy (non-hydrogen) atoms. The monoisotopic (exact) mass is 334 g/mol. The maximum atomic E-state index is 11.6. The Morgan fingerprint density at radius 1 is 1.50 bits per heavy atom. The second-order valence-electron chi connectivity index (χ2n) is 3.87. The van der Waals surface area contributed by atoms with Crippen molar-refractivity contribution in [3.63, 3.8) is 0 Å². The van der Waals surface area contributed by atoms with Crippen LogP contribution in [0.3, 0.4) is 0 Å². The lowest BCUT2D eigenvalue weighted by Crippen LogP contribution is -2.07. The van der Waals surface area contributed by atoms with Gasteiger partial charge in [0.15, 0.2) is 0 Å². The summed E-state index contributed by atoms with van der Waals surface area (Å²) in [4.78, 5) is 11.6. The summed E-state index contributed by atoms with van der Waals surface area (Å²) < 4.78 is 11.1. The zero-order valence-electron chi connectivity index (χ0n) is 10.7. The lowest BCUT2D eigenvalue weighted by molar-refractivity contribution is 0.0599. The van der Waals surface area contributed by atoms with Crippen molar-refractivity contribution in [1.82, 2.24) is 0 Å². The molecule has 0 bridgehead atoms. The number of hydrogen-bond acceptors (Lipinski definition) is 3. The smallest absolute Gasteiger partial charge is 0.338 e. The van der Waals surface area contributed by atoms with Crippen LogP contribution in [0.25, 0.3) is 0 Å². The zero-order chi connectivity index (χ0) is 13.7. The molecule has 1 aromatic rings. The van der Waals surface area contributed by atoms with Crippen molar-refractivity contribution in [1.29, 1.82) is 0 Å². The topological polar surface area (TPSA) is 35.5 Å². The molecule has 0 fully saturated rings. The largest absolute Gasteiger partial charge is 0.492 e. The highest BCUT2D eigenvalue weighted by Crippen LogP contribution is 2.37. The molecule has 0 radical (unpaired) electrons. The first-order chi connectivity index (χ1) is 8.52. The molecule has 1 rings (SSSR count). The minimum atomic E-state index is -0.415. The fourth-order valence-corrected chi connectivity index (χ4v) is 2.23. The van der Waals surface area contributed by atoms with E-state index in [0.29, 0.717) is 27.4 Å². The molecule has 100 valence electrons. The van der Waals surface area contributed by atoms with Crippen LogP contribution < -0.4 is 4.74 Å². The standard InChI is InChI=1S/C13H16BrClO3/c1-4-5-6-18-12-8(2)9(13(16)17-3)7-10(15)11(12)14/h7H,4-6H2,1-3H3. The average Bonchev–Trinajstić information content (AvgIpc) is 2.37. The Bertz CT molecular complexity index is 446. The summed E-state index contributed by atoms with van der Waals surface area (Å²) in [5.41, 5.74) is 1.16. The summed E-state index contributed by atoms with van der Waals surface area (Å²) in [6.07, 6.45) is 1.99. The maximum absolute atomic E-state index is 11.6. The van der Waals surface area contributed by atoms with Gasteiger partial charge in [0.25, 0.3) is 0 Å². The molecule has 0 atom stereocenters. The van der Waals surface area contributed by atoms with E-state index in [1.165, 1.54) is 7.11 Å². The SMILES string of the molecule is CCCCOc1c(C)c(C(=O)OC)cc(Cl)c1Br. The Morgan fingerprint density at radius 2 is 2.17 bits per heavy atom. The molecule has 0 heterocycles. The van der Waals surface area contributed by atoms with E-state index in [0.717, 1.165) is 18.4 Å². The quantitative estimate of drug-likeness (QED) is 0.592. The van der Waals surface area contributed by atoms with Gasteiger partial charge >= 0.3 is 5.97 Å². The van der Waals surface area contributed by atoms with Crippen molar-refractivity contribution in [2.24, 2.45) is 0 Å². The molecule has 0 aliphatic heterocycles. The van der Waals surface area contributed by atoms with Crippen LogP contribution >= 0.6 is 27.5 Å². The highest BCUT2D eigenvalue weighted by molar-refractivity contribution is 9.10. The van der Waals surface area contributed by atoms with Gasteiger partial charge in [0.05, 0.1) is 28.8 Å². The van der Waals surface area contributed by atoms with Gasteiger partial charge in [-0.1, -0.05) is 24.9 Å². The Morgan fingerprint density at radius 3 is 2.72 bits per heavy atom. The summed E-state index contributed by atoms with van der Waals surface area (Å²) >= 11 is 9.45. The molecule has 0 N–H and O–H groups in total. The van der Waals surface area contributed by atoms with Crippen LogP contribution in [0.1, 0.15) is 35.7 Å². The first kappa shape index (κ1) is 15.3. The normalized spacial score (nSPS) is 10.3. The molecule has 0 saturated heterocycles. The first-order valence-electron chi connectivity index (χ1n) is 5.72. The lowest BCUT2D eigenvalue weighted by atomic mass is 10.1. The molecule has 0 aliphatic rings. The van der Waals surface area contributed by atoms with E-state index in [-0.39, 0.29) is 0 Å². The van der Waals surface area contributed by atoms with Gasteiger partial charge in [-0.15, -0.1) is 0 Å². The third kappa shape index (κ3) is 3.39. The van der Waals surface area contributed by atoms with Gasteiger partial charge in [-0.25, -0.2) is 4.79 Å². The number of esters is 1. The molecule has 1 aromatic carbocycles. The number of carbonyl (C=O) groups is 1. The highest BCUT2D eigenvalue weighted by atomic mass is 79.9. The molecular weight excluding hydrogens is 319 g/mol. The second kappa shape index (κ2) is 7.00. The van der Waals surface area contributed by atoms with Gasteiger partial charge in [0.2, 0.25) is 0 Å². The number of carbonyl (C=O) groups excluding carboxylic acids is 1. The number of unbranched alkanes of at least 4 members (excludes halogenated alkanes) is 1. The summed E-state index contributed by atoms with van der Waals surface area (Å²) in [6, 6.07) is 1.58. The molecule has 5 heteroatoms. The van der Waals surface area contributed by atoms with Gasteiger partial charge < -0.3 is 9.47 Å². The molecular formula is C13H16BrClO3. The third-order valence-electron chi connectivity index (χ3n) is 2.57. The number of rotatable bonds is 5. The molecule has 0 amide bonds. The van der Waals surface area contributed by atoms with E-state index >= 15 is 0 Å². The van der Waals surface area contributed by atoms with Crippen LogP contribution in [0, 0.1) is 6.92 Å². The van der Waals surface area contributed by atoms with E-state index in [1.807, 2.05) is 6.92 Å². The summed E-state index contributed by atoms with van der Waals surface area (Å²) in [6.45, 7) is 4.49. The van der Waals surface area contributed by atoms with E-state index in [1.54, 1.807) is 6.07 Å². The molecule has 0 unspecified atom stereocenters. The van der Waals surface area contributed by atoms with Crippen LogP contribution in [-0.4, -0.2) is 19.7 Å². The first-order valence-corrected chi connectivity index (χ1v) is 6.89. The molecule has 3 nitrogen and oxygen atoms in total. The third-order valence-corrected chi connectivity index (χ3v) is 3.89. The van der Waals surface area contributed by atoms with Gasteiger partial charge in [-0.3, -0.25) is 0 Å². The van der Waals surface area contributed by atoms with Gasteiger partial charge in [-0.2, -0.15) is 0 Å². The zero-order valence-corrected chi connectivity index (χ0v) is 13.0. The van der Waals surface area contributed by atoms with Gasteiger partial charge in [0, 0.05) is 5.56 Å². The van der Waals surface area contributed by atoms with Crippen molar-refractivity contribution in [3.05, 3.63) is 26.7 Å². The molecule has 0 aliphatic carbocycles. The highest BCUT2D eigenvalue weighted by Gasteiger charge is 2.19. The lowest BCUT2D eigenvalue weighted by Gasteiger charge is -2.14. The molecule has 0 spiro atoms. The maximum Gasteiger partial charge on any atom is 0.338 e. The average molecular weight is 336 g/mol. The van der Waals surface area contributed by atoms with E-state index in [4.69, 9.17) is 21.1 Å². The Balaban J connectivity index is 3.14. The second-order valence-corrected chi connectivity index (χ2v) is 5.07. The molecule has 0 aromatic heterocycles. The van der Waals surface area contributed by atoms with Crippen molar-refractivity contribution >= 4 is 33.5 Å². The summed E-state index contributed by atoms with van der Waals surface area (Å²) in [7, 11) is 1.34. The van der Waals surface area contributed by atoms with Crippen LogP contribution in [-0.2, 0) is 4.74 Å². The number of methoxy groups -OCH3 is 1. The Labute approximate surface area is 121 Å². The van der Waals surface area contributed by atoms with Crippen molar-refractivity contribution in [3.8, 4) is 5.75 Å². The molecule has 0 saturated carbocycles. The number of hydrogen-bond donors (Lipinski definition) is 0. The van der Waals surface area contributed by atoms with Crippen LogP contribution in [0.5, 0.6) is 5.75 Å². The van der Waals surface area contributed by atoms with E-state index in [2.05, 4.69) is 22.9 Å². The Hall–Kier alpha value is -0.740. The number of halogens is 2. The number of ether oxygens (including phenoxy) is 2. The summed E-state index contributed by atoms with van der Waals surface area (Å²) in [5, 5.41) is 0.437. The van der Waals surface area contributed by atoms with Crippen molar-refractivity contribution in [2.75, 3.05) is 13.7 Å². The predicted molar refractivity (Wildman–Crippen MR) is 75.6 cm³/mol. The fraction of sp³-hybridized carbons (Fsp3) is 0.462. The number of benzene rings is 1. The van der Waals surface area contributed by atoms with Crippen molar-refractivity contribution in [2.45, 2.75) is 26.7 Å². The van der Waals surface area contributed by atoms with Crippen molar-refractivity contribution < 1.29 is 14.3 Å². The van der Waals surface area contributed by atoms with Gasteiger partial charge in [-0.05, 0) is 35.3 Å². The van der Waals surface area contributed by atoms with E-state index < -0.39 is 5.97 Å².